The molecule has 4 rings (SSSR count). The van der Waals surface area contributed by atoms with Gasteiger partial charge in [-0.05, 0) is 80.1 Å². The molecule has 1 saturated heterocycles. The van der Waals surface area contributed by atoms with E-state index in [4.69, 9.17) is 14.2 Å². The summed E-state index contributed by atoms with van der Waals surface area (Å²) in [5.41, 5.74) is 2.68. The van der Waals surface area contributed by atoms with Crippen LogP contribution in [0.5, 0.6) is 5.75 Å². The fourth-order valence-electron chi connectivity index (χ4n) is 4.07. The van der Waals surface area contributed by atoms with Crippen LogP contribution in [-0.2, 0) is 25.6 Å². The van der Waals surface area contributed by atoms with Crippen molar-refractivity contribution >= 4 is 52.1 Å². The Morgan fingerprint density at radius 3 is 1.98 bits per heavy atom. The molecule has 0 aliphatic carbocycles. The fourth-order valence-corrected chi connectivity index (χ4v) is 5.22. The summed E-state index contributed by atoms with van der Waals surface area (Å²) in [6.45, 7) is 4.26. The molecule has 1 aliphatic rings. The van der Waals surface area contributed by atoms with Gasteiger partial charge >= 0.3 is 11.9 Å². The van der Waals surface area contributed by atoms with Crippen molar-refractivity contribution in [2.24, 2.45) is 4.99 Å². The average molecular weight is 590 g/mol. The van der Waals surface area contributed by atoms with Crippen LogP contribution in [0, 0.1) is 0 Å². The molecule has 1 atom stereocenters. The minimum Gasteiger partial charge on any atom is -0.497 e. The lowest BCUT2D eigenvalue weighted by Gasteiger charge is -2.17. The smallest absolute Gasteiger partial charge is 0.338 e. The predicted octanol–water partition coefficient (Wildman–Crippen LogP) is 5.21. The molecule has 0 spiro atoms. The van der Waals surface area contributed by atoms with Crippen molar-refractivity contribution in [3.63, 3.8) is 0 Å². The van der Waals surface area contributed by atoms with E-state index in [-0.39, 0.29) is 38.0 Å². The molecule has 1 unspecified atom stereocenters. The third-order valence-corrected chi connectivity index (χ3v) is 7.35. The number of rotatable bonds is 11. The number of ether oxygens (including phenoxy) is 3. The molecule has 10 nitrogen and oxygen atoms in total. The molecule has 2 amide bonds. The summed E-state index contributed by atoms with van der Waals surface area (Å²) in [6, 6.07) is 20.3. The van der Waals surface area contributed by atoms with E-state index in [1.165, 1.54) is 11.8 Å². The molecule has 0 radical (unpaired) electrons. The maximum atomic E-state index is 13.5. The molecule has 1 N–H and O–H groups in total. The van der Waals surface area contributed by atoms with Crippen molar-refractivity contribution in [2.75, 3.05) is 25.6 Å². The maximum Gasteiger partial charge on any atom is 0.338 e. The summed E-state index contributed by atoms with van der Waals surface area (Å²) in [6.07, 6.45) is -0.0803. The maximum absolute atomic E-state index is 13.5. The molecule has 1 fully saturated rings. The van der Waals surface area contributed by atoms with Crippen LogP contribution in [0.2, 0.25) is 0 Å². The standard InChI is InChI=1S/C31H31N3O7S/c1-4-40-29(37)21-8-12-23(13-9-21)32-27(35)18-26-28(36)34(19-20-6-16-25(39-3)17-7-20)31(42-26)33-24-14-10-22(11-15-24)30(38)41-5-2/h6-17,26H,4-5,18-19H2,1-3H3,(H,32,35). The summed E-state index contributed by atoms with van der Waals surface area (Å²) in [7, 11) is 1.58. The van der Waals surface area contributed by atoms with E-state index in [1.807, 2.05) is 24.3 Å². The number of benzene rings is 3. The van der Waals surface area contributed by atoms with Crippen LogP contribution in [0.3, 0.4) is 0 Å². The largest absolute Gasteiger partial charge is 0.497 e. The lowest BCUT2D eigenvalue weighted by Crippen LogP contribution is -2.33. The topological polar surface area (TPSA) is 124 Å². The number of anilines is 1. The van der Waals surface area contributed by atoms with Gasteiger partial charge in [-0.25, -0.2) is 14.6 Å². The van der Waals surface area contributed by atoms with Crippen LogP contribution in [0.1, 0.15) is 46.5 Å². The van der Waals surface area contributed by atoms with Crippen LogP contribution >= 0.6 is 11.8 Å². The molecular weight excluding hydrogens is 558 g/mol. The van der Waals surface area contributed by atoms with Crippen molar-refractivity contribution in [2.45, 2.75) is 32.1 Å². The molecule has 3 aromatic carbocycles. The van der Waals surface area contributed by atoms with E-state index >= 15 is 0 Å². The zero-order chi connectivity index (χ0) is 30.1. The van der Waals surface area contributed by atoms with Crippen LogP contribution < -0.4 is 10.1 Å². The zero-order valence-electron chi connectivity index (χ0n) is 23.5. The molecular formula is C31H31N3O7S. The first-order valence-electron chi connectivity index (χ1n) is 13.3. The summed E-state index contributed by atoms with van der Waals surface area (Å²) < 4.78 is 15.3. The number of amidine groups is 1. The summed E-state index contributed by atoms with van der Waals surface area (Å²) in [5.74, 6) is -0.770. The van der Waals surface area contributed by atoms with Crippen LogP contribution in [0.15, 0.2) is 77.8 Å². The number of amides is 2. The number of carbonyl (C=O) groups is 4. The van der Waals surface area contributed by atoms with Crippen LogP contribution in [0.25, 0.3) is 0 Å². The number of aliphatic imine (C=N–C) groups is 1. The Kier molecular flexibility index (Phi) is 10.3. The van der Waals surface area contributed by atoms with Gasteiger partial charge in [-0.3, -0.25) is 14.5 Å². The van der Waals surface area contributed by atoms with E-state index in [2.05, 4.69) is 10.3 Å². The molecule has 0 saturated carbocycles. The van der Waals surface area contributed by atoms with Crippen LogP contribution in [0.4, 0.5) is 11.4 Å². The van der Waals surface area contributed by atoms with E-state index in [9.17, 15) is 19.2 Å². The third kappa shape index (κ3) is 7.76. The van der Waals surface area contributed by atoms with E-state index in [0.29, 0.717) is 33.4 Å². The highest BCUT2D eigenvalue weighted by atomic mass is 32.2. The van der Waals surface area contributed by atoms with Crippen molar-refractivity contribution in [1.82, 2.24) is 4.90 Å². The first-order chi connectivity index (χ1) is 20.3. The van der Waals surface area contributed by atoms with E-state index in [1.54, 1.807) is 74.4 Å². The third-order valence-electron chi connectivity index (χ3n) is 6.17. The highest BCUT2D eigenvalue weighted by Crippen LogP contribution is 2.33. The molecule has 1 aliphatic heterocycles. The second-order valence-corrected chi connectivity index (χ2v) is 10.3. The highest BCUT2D eigenvalue weighted by molar-refractivity contribution is 8.15. The number of thioether (sulfide) groups is 1. The Morgan fingerprint density at radius 2 is 1.43 bits per heavy atom. The van der Waals surface area contributed by atoms with Gasteiger partial charge in [-0.15, -0.1) is 0 Å². The summed E-state index contributed by atoms with van der Waals surface area (Å²) in [5, 5.41) is 2.53. The van der Waals surface area contributed by atoms with Gasteiger partial charge in [0.25, 0.3) is 0 Å². The SMILES string of the molecule is CCOC(=O)c1ccc(N=C2SC(CC(=O)Nc3ccc(C(=O)OCC)cc3)C(=O)N2Cc2ccc(OC)cc2)cc1. The second-order valence-electron chi connectivity index (χ2n) is 9.09. The Balaban J connectivity index is 1.50. The molecule has 218 valence electrons. The Bertz CT molecular complexity index is 1460. The molecule has 42 heavy (non-hydrogen) atoms. The van der Waals surface area contributed by atoms with Gasteiger partial charge < -0.3 is 19.5 Å². The molecule has 0 aromatic heterocycles. The first kappa shape index (κ1) is 30.3. The van der Waals surface area contributed by atoms with Gasteiger partial charge in [-0.1, -0.05) is 23.9 Å². The lowest BCUT2D eigenvalue weighted by molar-refractivity contribution is -0.128. The van der Waals surface area contributed by atoms with Crippen molar-refractivity contribution in [3.8, 4) is 5.75 Å². The molecule has 1 heterocycles. The number of carbonyl (C=O) groups excluding carboxylic acids is 4. The van der Waals surface area contributed by atoms with Gasteiger partial charge in [0.15, 0.2) is 5.17 Å². The second kappa shape index (κ2) is 14.3. The first-order valence-corrected chi connectivity index (χ1v) is 14.2. The number of hydrogen-bond acceptors (Lipinski definition) is 9. The summed E-state index contributed by atoms with van der Waals surface area (Å²) >= 11 is 1.21. The van der Waals surface area contributed by atoms with Crippen LogP contribution in [-0.4, -0.2) is 59.4 Å². The zero-order valence-corrected chi connectivity index (χ0v) is 24.3. The number of methoxy groups -OCH3 is 1. The number of nitrogens with one attached hydrogen (secondary N) is 1. The minimum absolute atomic E-state index is 0.0803. The minimum atomic E-state index is -0.695. The van der Waals surface area contributed by atoms with Crippen molar-refractivity contribution < 1.29 is 33.4 Å². The quantitative estimate of drug-likeness (QED) is 0.303. The van der Waals surface area contributed by atoms with Crippen molar-refractivity contribution in [1.29, 1.82) is 0 Å². The Morgan fingerprint density at radius 1 is 0.857 bits per heavy atom. The number of hydrogen-bond donors (Lipinski definition) is 1. The van der Waals surface area contributed by atoms with E-state index < -0.39 is 17.2 Å². The normalized spacial score (nSPS) is 15.4. The van der Waals surface area contributed by atoms with Gasteiger partial charge in [-0.2, -0.15) is 0 Å². The number of nitrogens with zero attached hydrogens (tertiary/aromatic N) is 2. The average Bonchev–Trinajstić information content (AvgIpc) is 3.27. The van der Waals surface area contributed by atoms with Gasteiger partial charge in [0, 0.05) is 12.1 Å². The molecule has 11 heteroatoms. The monoisotopic (exact) mass is 589 g/mol. The molecule has 3 aromatic rings. The van der Waals surface area contributed by atoms with E-state index in [0.717, 1.165) is 5.56 Å². The lowest BCUT2D eigenvalue weighted by atomic mass is 10.2. The number of esters is 2. The predicted molar refractivity (Wildman–Crippen MR) is 160 cm³/mol. The van der Waals surface area contributed by atoms with Gasteiger partial charge in [0.2, 0.25) is 11.8 Å². The van der Waals surface area contributed by atoms with Gasteiger partial charge in [0.1, 0.15) is 11.0 Å². The Labute approximate surface area is 248 Å². The Hall–Kier alpha value is -4.64. The summed E-state index contributed by atoms with van der Waals surface area (Å²) in [4.78, 5) is 56.6. The molecule has 0 bridgehead atoms. The van der Waals surface area contributed by atoms with Gasteiger partial charge in [0.05, 0.1) is 43.7 Å². The van der Waals surface area contributed by atoms with Crippen molar-refractivity contribution in [3.05, 3.63) is 89.5 Å². The highest BCUT2D eigenvalue weighted by Gasteiger charge is 2.39. The fraction of sp³-hybridized carbons (Fsp3) is 0.258.